The summed E-state index contributed by atoms with van der Waals surface area (Å²) in [6.45, 7) is 2.64. The third-order valence-electron chi connectivity index (χ3n) is 5.52. The second-order valence-electron chi connectivity index (χ2n) is 7.29. The molecule has 0 radical (unpaired) electrons. The Bertz CT molecular complexity index is 1000. The van der Waals surface area contributed by atoms with Gasteiger partial charge in [-0.3, -0.25) is 14.9 Å². The monoisotopic (exact) mass is 488 g/mol. The molecule has 1 unspecified atom stereocenters. The molecule has 2 aromatic carbocycles. The highest BCUT2D eigenvalue weighted by atomic mass is 79.9. The Balaban J connectivity index is 1.87. The van der Waals surface area contributed by atoms with E-state index in [-0.39, 0.29) is 17.5 Å². The van der Waals surface area contributed by atoms with Crippen molar-refractivity contribution >= 4 is 27.4 Å². The molecule has 0 aromatic heterocycles. The van der Waals surface area contributed by atoms with E-state index in [1.54, 1.807) is 26.4 Å². The van der Waals surface area contributed by atoms with Crippen LogP contribution in [0.3, 0.4) is 0 Å². The Hall–Kier alpha value is -2.87. The molecule has 0 saturated carbocycles. The van der Waals surface area contributed by atoms with Gasteiger partial charge in [0.15, 0.2) is 17.3 Å². The van der Waals surface area contributed by atoms with Gasteiger partial charge in [0.25, 0.3) is 5.69 Å². The summed E-state index contributed by atoms with van der Waals surface area (Å²) in [6, 6.07) is 10.1. The summed E-state index contributed by atoms with van der Waals surface area (Å²) in [7, 11) is 3.20. The molecule has 2 aromatic rings. The average molecular weight is 489 g/mol. The third kappa shape index (κ3) is 5.07. The van der Waals surface area contributed by atoms with Gasteiger partial charge in [0.05, 0.1) is 25.2 Å². The third-order valence-corrected chi connectivity index (χ3v) is 6.26. The van der Waals surface area contributed by atoms with E-state index in [2.05, 4.69) is 20.8 Å². The maximum atomic E-state index is 12.6. The number of carbonyl (C=O) groups is 1. The van der Waals surface area contributed by atoms with E-state index in [0.717, 1.165) is 21.2 Å². The molecule has 1 atom stereocenters. The predicted molar refractivity (Wildman–Crippen MR) is 121 cm³/mol. The Morgan fingerprint density at radius 2 is 1.81 bits per heavy atom. The van der Waals surface area contributed by atoms with Gasteiger partial charge in [-0.15, -0.1) is 0 Å². The number of methoxy groups -OCH3 is 2. The van der Waals surface area contributed by atoms with Crippen LogP contribution < -0.4 is 9.47 Å². The lowest BCUT2D eigenvalue weighted by atomic mass is 9.92. The number of ketones is 1. The highest BCUT2D eigenvalue weighted by Gasteiger charge is 2.28. The van der Waals surface area contributed by atoms with Gasteiger partial charge in [-0.25, -0.2) is 0 Å². The molecule has 7 nitrogen and oxygen atoms in total. The van der Waals surface area contributed by atoms with Crippen molar-refractivity contribution in [3.63, 3.8) is 0 Å². The molecular formula is C23H25BrN2O5. The number of rotatable bonds is 8. The van der Waals surface area contributed by atoms with Crippen molar-refractivity contribution in [3.8, 4) is 11.5 Å². The van der Waals surface area contributed by atoms with E-state index in [9.17, 15) is 14.9 Å². The molecule has 3 rings (SSSR count). The van der Waals surface area contributed by atoms with Gasteiger partial charge in [0, 0.05) is 41.3 Å². The smallest absolute Gasteiger partial charge is 0.269 e. The number of benzene rings is 2. The number of nitrogens with zero attached hydrogens (tertiary/aromatic N) is 2. The van der Waals surface area contributed by atoms with Crippen LogP contribution in [0.25, 0.3) is 0 Å². The fourth-order valence-electron chi connectivity index (χ4n) is 3.76. The number of nitro benzene ring substituents is 1. The summed E-state index contributed by atoms with van der Waals surface area (Å²) < 4.78 is 11.7. The minimum Gasteiger partial charge on any atom is -0.493 e. The van der Waals surface area contributed by atoms with E-state index >= 15 is 0 Å². The van der Waals surface area contributed by atoms with E-state index in [0.29, 0.717) is 37.3 Å². The van der Waals surface area contributed by atoms with Crippen molar-refractivity contribution in [2.75, 3.05) is 20.8 Å². The van der Waals surface area contributed by atoms with Crippen molar-refractivity contribution in [1.82, 2.24) is 4.90 Å². The van der Waals surface area contributed by atoms with E-state index < -0.39 is 4.92 Å². The molecule has 0 N–H and O–H groups in total. The topological polar surface area (TPSA) is 81.9 Å². The van der Waals surface area contributed by atoms with Gasteiger partial charge >= 0.3 is 0 Å². The fourth-order valence-corrected chi connectivity index (χ4v) is 4.28. The average Bonchev–Trinajstić information content (AvgIpc) is 2.78. The highest BCUT2D eigenvalue weighted by molar-refractivity contribution is 9.10. The second kappa shape index (κ2) is 9.96. The van der Waals surface area contributed by atoms with Crippen molar-refractivity contribution in [3.05, 3.63) is 73.9 Å². The maximum absolute atomic E-state index is 12.6. The molecule has 0 aliphatic carbocycles. The van der Waals surface area contributed by atoms with Crippen molar-refractivity contribution in [2.24, 2.45) is 0 Å². The van der Waals surface area contributed by atoms with Crippen LogP contribution in [0.15, 0.2) is 52.6 Å². The molecule has 0 saturated heterocycles. The Kier molecular flexibility index (Phi) is 7.33. The summed E-state index contributed by atoms with van der Waals surface area (Å²) >= 11 is 3.61. The maximum Gasteiger partial charge on any atom is 0.269 e. The van der Waals surface area contributed by atoms with Crippen LogP contribution >= 0.6 is 15.9 Å². The number of Topliss-reactive ketones (excluding diaryl/α,β-unsaturated/α-hetero) is 1. The largest absolute Gasteiger partial charge is 0.493 e. The molecule has 0 fully saturated rings. The number of hydrogen-bond acceptors (Lipinski definition) is 6. The van der Waals surface area contributed by atoms with Gasteiger partial charge in [-0.2, -0.15) is 0 Å². The predicted octanol–water partition coefficient (Wildman–Crippen LogP) is 5.23. The fraction of sp³-hybridized carbons (Fsp3) is 0.348. The van der Waals surface area contributed by atoms with Crippen LogP contribution in [0.1, 0.15) is 36.9 Å². The minimum atomic E-state index is -0.419. The lowest BCUT2D eigenvalue weighted by Crippen LogP contribution is -2.33. The van der Waals surface area contributed by atoms with Crippen LogP contribution in [-0.4, -0.2) is 36.4 Å². The Labute approximate surface area is 189 Å². The molecule has 1 heterocycles. The van der Waals surface area contributed by atoms with Crippen LogP contribution in [0, 0.1) is 10.1 Å². The number of nitro groups is 1. The molecule has 1 aliphatic heterocycles. The quantitative estimate of drug-likeness (QED) is 0.373. The Morgan fingerprint density at radius 1 is 1.16 bits per heavy atom. The minimum absolute atomic E-state index is 0.0384. The number of allylic oxidation sites excluding steroid dienone is 1. The first kappa shape index (κ1) is 22.8. The lowest BCUT2D eigenvalue weighted by molar-refractivity contribution is -0.384. The van der Waals surface area contributed by atoms with Crippen molar-refractivity contribution in [2.45, 2.75) is 32.2 Å². The van der Waals surface area contributed by atoms with Gasteiger partial charge in [0.1, 0.15) is 0 Å². The zero-order valence-electron chi connectivity index (χ0n) is 17.8. The van der Waals surface area contributed by atoms with Crippen LogP contribution in [0.2, 0.25) is 0 Å². The molecule has 8 heteroatoms. The molecular weight excluding hydrogens is 464 g/mol. The zero-order chi connectivity index (χ0) is 22.5. The SMILES string of the molecule is CCC1=CN(CCc2cc(OC)c(OC)cc2Br)C(c2ccc([N+](=O)[O-])cc2)CC1=O. The number of ether oxygens (including phenoxy) is 2. The van der Waals surface area contributed by atoms with Crippen LogP contribution in [0.5, 0.6) is 11.5 Å². The summed E-state index contributed by atoms with van der Waals surface area (Å²) in [5.74, 6) is 1.43. The second-order valence-corrected chi connectivity index (χ2v) is 8.14. The molecule has 31 heavy (non-hydrogen) atoms. The number of carbonyl (C=O) groups excluding carboxylic acids is 1. The molecule has 0 bridgehead atoms. The summed E-state index contributed by atoms with van der Waals surface area (Å²) in [5, 5.41) is 11.0. The van der Waals surface area contributed by atoms with E-state index in [1.165, 1.54) is 12.1 Å². The first-order valence-electron chi connectivity index (χ1n) is 10.0. The van der Waals surface area contributed by atoms with Gasteiger partial charge in [-0.05, 0) is 36.1 Å². The first-order valence-corrected chi connectivity index (χ1v) is 10.8. The van der Waals surface area contributed by atoms with Crippen molar-refractivity contribution in [1.29, 1.82) is 0 Å². The highest BCUT2D eigenvalue weighted by Crippen LogP contribution is 2.36. The zero-order valence-corrected chi connectivity index (χ0v) is 19.3. The molecule has 0 spiro atoms. The van der Waals surface area contributed by atoms with Crippen molar-refractivity contribution < 1.29 is 19.2 Å². The van der Waals surface area contributed by atoms with Gasteiger partial charge in [-0.1, -0.05) is 35.0 Å². The normalized spacial score (nSPS) is 16.1. The molecule has 1 aliphatic rings. The molecule has 164 valence electrons. The van der Waals surface area contributed by atoms with Crippen LogP contribution in [0.4, 0.5) is 5.69 Å². The molecule has 0 amide bonds. The standard InChI is InChI=1S/C23H25BrN2O5/c1-4-15-14-25(10-9-17-11-22(30-2)23(31-3)12-19(17)24)20(13-21(15)27)16-5-7-18(8-6-16)26(28)29/h5-8,11-12,14,20H,4,9-10,13H2,1-3H3. The number of hydrogen-bond donors (Lipinski definition) is 0. The summed E-state index contributed by atoms with van der Waals surface area (Å²) in [4.78, 5) is 25.3. The first-order chi connectivity index (χ1) is 14.9. The number of non-ortho nitro benzene ring substituents is 1. The van der Waals surface area contributed by atoms with E-state index in [1.807, 2.05) is 25.3 Å². The number of halogens is 1. The Morgan fingerprint density at radius 3 is 2.39 bits per heavy atom. The van der Waals surface area contributed by atoms with Crippen LogP contribution in [-0.2, 0) is 11.2 Å². The summed E-state index contributed by atoms with van der Waals surface area (Å²) in [5.41, 5.74) is 2.78. The lowest BCUT2D eigenvalue weighted by Gasteiger charge is -2.35. The summed E-state index contributed by atoms with van der Waals surface area (Å²) in [6.07, 6.45) is 3.67. The van der Waals surface area contributed by atoms with Gasteiger partial charge < -0.3 is 14.4 Å². The van der Waals surface area contributed by atoms with Gasteiger partial charge in [0.2, 0.25) is 0 Å². The van der Waals surface area contributed by atoms with E-state index in [4.69, 9.17) is 9.47 Å².